The molecule has 4 heterocycles. The van der Waals surface area contributed by atoms with E-state index in [-0.39, 0.29) is 0 Å². The van der Waals surface area contributed by atoms with Crippen molar-refractivity contribution in [2.45, 2.75) is 0 Å². The topological polar surface area (TPSA) is 48.8 Å². The number of rotatable bonds is 5. The summed E-state index contributed by atoms with van der Waals surface area (Å²) in [5, 5.41) is 6.91. The minimum Gasteiger partial charge on any atom is -0.454 e. The highest BCUT2D eigenvalue weighted by Crippen LogP contribution is 2.45. The van der Waals surface area contributed by atoms with Crippen molar-refractivity contribution in [2.75, 3.05) is 0 Å². The van der Waals surface area contributed by atoms with Crippen LogP contribution in [-0.2, 0) is 0 Å². The SMILES string of the molecule is c1ccc(-c2cc(-c3ccccc3)nc(-c3cccc(-n4c5ccc6c7ccccc7n(-c7ccccc7)c6c5c5ccc6c7ccccc7oc6c54)c3)n2)cc1. The number of para-hydroxylation sites is 3. The molecule has 4 aromatic heterocycles. The van der Waals surface area contributed by atoms with Gasteiger partial charge in [0.25, 0.3) is 0 Å². The Bertz CT molecular complexity index is 3450. The van der Waals surface area contributed by atoms with E-state index in [9.17, 15) is 0 Å². The van der Waals surface area contributed by atoms with E-state index in [4.69, 9.17) is 14.4 Å². The highest BCUT2D eigenvalue weighted by Gasteiger charge is 2.24. The zero-order chi connectivity index (χ0) is 37.5. The Balaban J connectivity index is 1.19. The molecule has 0 spiro atoms. The second-order valence-corrected chi connectivity index (χ2v) is 14.6. The zero-order valence-corrected chi connectivity index (χ0v) is 30.7. The average molecular weight is 729 g/mol. The zero-order valence-electron chi connectivity index (χ0n) is 30.7. The van der Waals surface area contributed by atoms with Crippen molar-refractivity contribution < 1.29 is 4.42 Å². The van der Waals surface area contributed by atoms with Crippen LogP contribution in [0.5, 0.6) is 0 Å². The van der Waals surface area contributed by atoms with E-state index in [1.165, 1.54) is 27.2 Å². The predicted molar refractivity (Wildman–Crippen MR) is 234 cm³/mol. The lowest BCUT2D eigenvalue weighted by molar-refractivity contribution is 0.671. The quantitative estimate of drug-likeness (QED) is 0.177. The van der Waals surface area contributed by atoms with Gasteiger partial charge in [-0.15, -0.1) is 0 Å². The number of benzene rings is 8. The number of hydrogen-bond acceptors (Lipinski definition) is 3. The van der Waals surface area contributed by atoms with Gasteiger partial charge in [-0.2, -0.15) is 0 Å². The normalized spacial score (nSPS) is 11.9. The largest absolute Gasteiger partial charge is 0.454 e. The van der Waals surface area contributed by atoms with Gasteiger partial charge < -0.3 is 13.6 Å². The number of nitrogens with zero attached hydrogens (tertiary/aromatic N) is 4. The van der Waals surface area contributed by atoms with Crippen molar-refractivity contribution in [3.8, 4) is 45.3 Å². The molecule has 0 aliphatic rings. The molecule has 8 aromatic carbocycles. The Morgan fingerprint density at radius 2 is 0.947 bits per heavy atom. The first-order chi connectivity index (χ1) is 28.3. The molecule has 0 aliphatic carbocycles. The third-order valence-electron chi connectivity index (χ3n) is 11.3. The lowest BCUT2D eigenvalue weighted by Gasteiger charge is -2.12. The Morgan fingerprint density at radius 1 is 0.368 bits per heavy atom. The maximum absolute atomic E-state index is 6.84. The van der Waals surface area contributed by atoms with Gasteiger partial charge in [0.1, 0.15) is 5.58 Å². The summed E-state index contributed by atoms with van der Waals surface area (Å²) in [5.74, 6) is 0.665. The molecule has 0 radical (unpaired) electrons. The molecule has 0 saturated carbocycles. The van der Waals surface area contributed by atoms with Crippen LogP contribution in [0.15, 0.2) is 199 Å². The summed E-state index contributed by atoms with van der Waals surface area (Å²) in [6.07, 6.45) is 0. The first-order valence-corrected chi connectivity index (χ1v) is 19.3. The third-order valence-corrected chi connectivity index (χ3v) is 11.3. The fraction of sp³-hybridized carbons (Fsp3) is 0. The molecule has 0 N–H and O–H groups in total. The summed E-state index contributed by atoms with van der Waals surface area (Å²) < 4.78 is 11.6. The summed E-state index contributed by atoms with van der Waals surface area (Å²) >= 11 is 0. The number of fused-ring (bicyclic) bond motifs is 11. The summed E-state index contributed by atoms with van der Waals surface area (Å²) in [6.45, 7) is 0. The predicted octanol–water partition coefficient (Wildman–Crippen LogP) is 13.6. The summed E-state index contributed by atoms with van der Waals surface area (Å²) in [5.41, 5.74) is 13.1. The molecule has 0 unspecified atom stereocenters. The van der Waals surface area contributed by atoms with Crippen molar-refractivity contribution in [1.82, 2.24) is 19.1 Å². The van der Waals surface area contributed by atoms with Crippen molar-refractivity contribution in [3.63, 3.8) is 0 Å². The maximum Gasteiger partial charge on any atom is 0.160 e. The maximum atomic E-state index is 6.84. The van der Waals surface area contributed by atoms with Crippen LogP contribution in [0.1, 0.15) is 0 Å². The van der Waals surface area contributed by atoms with Gasteiger partial charge in [-0.05, 0) is 54.6 Å². The van der Waals surface area contributed by atoms with Crippen LogP contribution in [0.4, 0.5) is 0 Å². The molecule has 12 aromatic rings. The van der Waals surface area contributed by atoms with E-state index in [0.29, 0.717) is 5.82 Å². The second kappa shape index (κ2) is 12.4. The minimum absolute atomic E-state index is 0.665. The van der Waals surface area contributed by atoms with Crippen molar-refractivity contribution in [1.29, 1.82) is 0 Å². The lowest BCUT2D eigenvalue weighted by atomic mass is 10.1. The van der Waals surface area contributed by atoms with Crippen LogP contribution in [0, 0.1) is 0 Å². The van der Waals surface area contributed by atoms with Gasteiger partial charge in [-0.1, -0.05) is 140 Å². The molecular weight excluding hydrogens is 697 g/mol. The summed E-state index contributed by atoms with van der Waals surface area (Å²) in [7, 11) is 0. The van der Waals surface area contributed by atoms with Crippen molar-refractivity contribution in [3.05, 3.63) is 194 Å². The van der Waals surface area contributed by atoms with Crippen molar-refractivity contribution in [2.24, 2.45) is 0 Å². The van der Waals surface area contributed by atoms with Crippen LogP contribution < -0.4 is 0 Å². The lowest BCUT2D eigenvalue weighted by Crippen LogP contribution is -1.98. The molecule has 12 rings (SSSR count). The van der Waals surface area contributed by atoms with E-state index in [2.05, 4.69) is 185 Å². The monoisotopic (exact) mass is 728 g/mol. The smallest absolute Gasteiger partial charge is 0.160 e. The molecule has 0 aliphatic heterocycles. The fourth-order valence-corrected chi connectivity index (χ4v) is 8.81. The standard InChI is InChI=1S/C52H32N4O/c1-4-15-33(16-5-1)43-32-44(34-17-6-2-7-18-34)54-52(53-43)35-19-14-22-37(31-35)56-46-30-29-40-38-23-10-12-25-45(38)55(36-20-8-3-9-21-36)49(40)48(46)42-28-27-41-39-24-11-13-26-47(39)57-51(41)50(42)56/h1-32H. The first kappa shape index (κ1) is 31.6. The van der Waals surface area contributed by atoms with Crippen LogP contribution in [0.3, 0.4) is 0 Å². The van der Waals surface area contributed by atoms with Crippen LogP contribution in [0.25, 0.3) is 111 Å². The van der Waals surface area contributed by atoms with E-state index < -0.39 is 0 Å². The Labute approximate surface area is 327 Å². The van der Waals surface area contributed by atoms with Gasteiger partial charge in [0.05, 0.1) is 33.5 Å². The number of hydrogen-bond donors (Lipinski definition) is 0. The highest BCUT2D eigenvalue weighted by molar-refractivity contribution is 6.29. The molecule has 5 nitrogen and oxygen atoms in total. The number of aromatic nitrogens is 4. The summed E-state index contributed by atoms with van der Waals surface area (Å²) in [6, 6.07) is 68.2. The molecule has 0 bridgehead atoms. The molecule has 0 amide bonds. The van der Waals surface area contributed by atoms with Crippen LogP contribution in [-0.4, -0.2) is 19.1 Å². The van der Waals surface area contributed by atoms with E-state index in [1.807, 2.05) is 18.2 Å². The molecule has 0 fully saturated rings. The van der Waals surface area contributed by atoms with E-state index in [0.717, 1.165) is 77.8 Å². The highest BCUT2D eigenvalue weighted by atomic mass is 16.3. The first-order valence-electron chi connectivity index (χ1n) is 19.3. The Kier molecular flexibility index (Phi) is 6.86. The van der Waals surface area contributed by atoms with Crippen LogP contribution >= 0.6 is 0 Å². The average Bonchev–Trinajstić information content (AvgIpc) is 3.95. The van der Waals surface area contributed by atoms with Crippen LogP contribution in [0.2, 0.25) is 0 Å². The van der Waals surface area contributed by atoms with Gasteiger partial charge >= 0.3 is 0 Å². The Morgan fingerprint density at radius 3 is 1.70 bits per heavy atom. The van der Waals surface area contributed by atoms with Crippen molar-refractivity contribution >= 4 is 65.6 Å². The molecule has 266 valence electrons. The molecule has 0 saturated heterocycles. The molecule has 57 heavy (non-hydrogen) atoms. The molecule has 5 heteroatoms. The summed E-state index contributed by atoms with van der Waals surface area (Å²) in [4.78, 5) is 10.4. The number of furan rings is 1. The van der Waals surface area contributed by atoms with E-state index in [1.54, 1.807) is 0 Å². The minimum atomic E-state index is 0.665. The second-order valence-electron chi connectivity index (χ2n) is 14.6. The fourth-order valence-electron chi connectivity index (χ4n) is 8.81. The van der Waals surface area contributed by atoms with Gasteiger partial charge in [0, 0.05) is 60.4 Å². The molecular formula is C52H32N4O. The Hall–Kier alpha value is -7.76. The third kappa shape index (κ3) is 4.82. The van der Waals surface area contributed by atoms with Gasteiger partial charge in [0.15, 0.2) is 11.4 Å². The molecule has 0 atom stereocenters. The van der Waals surface area contributed by atoms with Gasteiger partial charge in [-0.25, -0.2) is 9.97 Å². The van der Waals surface area contributed by atoms with Gasteiger partial charge in [0.2, 0.25) is 0 Å². The van der Waals surface area contributed by atoms with E-state index >= 15 is 0 Å². The van der Waals surface area contributed by atoms with Gasteiger partial charge in [-0.3, -0.25) is 0 Å².